The van der Waals surface area contributed by atoms with Crippen LogP contribution in [0.25, 0.3) is 0 Å². The Hall–Kier alpha value is -1.81. The highest BCUT2D eigenvalue weighted by atomic mass is 35.5. The second-order valence-corrected chi connectivity index (χ2v) is 4.10. The first-order valence-corrected chi connectivity index (χ1v) is 5.60. The second-order valence-electron chi connectivity index (χ2n) is 3.74. The molecule has 0 aliphatic rings. The van der Waals surface area contributed by atoms with Crippen LogP contribution < -0.4 is 11.1 Å². The maximum atomic E-state index is 5.83. The first-order valence-electron chi connectivity index (χ1n) is 5.22. The van der Waals surface area contributed by atoms with E-state index in [1.807, 2.05) is 19.1 Å². The fourth-order valence-corrected chi connectivity index (χ4v) is 1.64. The zero-order chi connectivity index (χ0) is 12.3. The molecule has 0 radical (unpaired) electrons. The van der Waals surface area contributed by atoms with Crippen molar-refractivity contribution >= 4 is 23.0 Å². The molecule has 0 aromatic carbocycles. The number of nitrogens with two attached hydrogens (primary N) is 1. The van der Waals surface area contributed by atoms with Crippen LogP contribution in [0.4, 0.5) is 11.4 Å². The molecule has 0 saturated heterocycles. The molecule has 0 spiro atoms. The number of anilines is 2. The first-order chi connectivity index (χ1) is 8.16. The van der Waals surface area contributed by atoms with Crippen molar-refractivity contribution in [1.29, 1.82) is 0 Å². The lowest BCUT2D eigenvalue weighted by atomic mass is 10.2. The minimum absolute atomic E-state index is 0.312. The van der Waals surface area contributed by atoms with Crippen LogP contribution in [0.15, 0.2) is 30.6 Å². The molecular formula is C12H13ClN4. The highest BCUT2D eigenvalue weighted by molar-refractivity contribution is 6.32. The lowest BCUT2D eigenvalue weighted by Gasteiger charge is -2.09. The van der Waals surface area contributed by atoms with Crippen molar-refractivity contribution in [1.82, 2.24) is 9.97 Å². The van der Waals surface area contributed by atoms with Crippen LogP contribution in [0.3, 0.4) is 0 Å². The minimum atomic E-state index is 0.312. The van der Waals surface area contributed by atoms with Crippen LogP contribution in [0, 0.1) is 6.92 Å². The van der Waals surface area contributed by atoms with Gasteiger partial charge in [-0.25, -0.2) is 4.98 Å². The quantitative estimate of drug-likeness (QED) is 0.820. The van der Waals surface area contributed by atoms with E-state index >= 15 is 0 Å². The molecule has 0 saturated carbocycles. The highest BCUT2D eigenvalue weighted by Gasteiger charge is 2.03. The molecule has 3 N–H and O–H groups in total. The van der Waals surface area contributed by atoms with E-state index in [1.54, 1.807) is 18.5 Å². The highest BCUT2D eigenvalue weighted by Crippen LogP contribution is 2.24. The van der Waals surface area contributed by atoms with E-state index in [2.05, 4.69) is 15.3 Å². The topological polar surface area (TPSA) is 63.8 Å². The summed E-state index contributed by atoms with van der Waals surface area (Å²) in [5.74, 6) is 0. The van der Waals surface area contributed by atoms with Gasteiger partial charge in [-0.15, -0.1) is 0 Å². The number of nitrogen functional groups attached to an aromatic ring is 1. The molecule has 0 aliphatic heterocycles. The molecule has 0 fully saturated rings. The van der Waals surface area contributed by atoms with Gasteiger partial charge in [-0.1, -0.05) is 11.6 Å². The molecule has 2 heterocycles. The third-order valence-electron chi connectivity index (χ3n) is 2.37. The van der Waals surface area contributed by atoms with Crippen molar-refractivity contribution in [2.45, 2.75) is 13.5 Å². The molecule has 0 amide bonds. The van der Waals surface area contributed by atoms with Gasteiger partial charge in [0, 0.05) is 12.4 Å². The third-order valence-corrected chi connectivity index (χ3v) is 2.67. The molecule has 17 heavy (non-hydrogen) atoms. The van der Waals surface area contributed by atoms with Crippen LogP contribution in [0.2, 0.25) is 5.15 Å². The average Bonchev–Trinajstić information content (AvgIpc) is 2.31. The molecule has 5 heteroatoms. The summed E-state index contributed by atoms with van der Waals surface area (Å²) in [7, 11) is 0. The summed E-state index contributed by atoms with van der Waals surface area (Å²) in [6.45, 7) is 2.63. The largest absolute Gasteiger partial charge is 0.395 e. The summed E-state index contributed by atoms with van der Waals surface area (Å²) in [6, 6.07) is 5.77. The van der Waals surface area contributed by atoms with Crippen molar-refractivity contribution in [3.05, 3.63) is 47.0 Å². The predicted octanol–water partition coefficient (Wildman–Crippen LogP) is 2.63. The van der Waals surface area contributed by atoms with E-state index < -0.39 is 0 Å². The van der Waals surface area contributed by atoms with Gasteiger partial charge in [-0.05, 0) is 30.7 Å². The summed E-state index contributed by atoms with van der Waals surface area (Å²) in [4.78, 5) is 8.15. The Labute approximate surface area is 105 Å². The molecule has 0 aliphatic carbocycles. The second kappa shape index (κ2) is 5.01. The van der Waals surface area contributed by atoms with Gasteiger partial charge < -0.3 is 11.1 Å². The number of aromatic nitrogens is 2. The SMILES string of the molecule is Cc1ccnc(CNc2ccnc(Cl)c2N)c1. The van der Waals surface area contributed by atoms with Crippen molar-refractivity contribution in [3.8, 4) is 0 Å². The maximum absolute atomic E-state index is 5.83. The zero-order valence-corrected chi connectivity index (χ0v) is 10.2. The first kappa shape index (κ1) is 11.7. The summed E-state index contributed by atoms with van der Waals surface area (Å²) >= 11 is 5.83. The monoisotopic (exact) mass is 248 g/mol. The van der Waals surface area contributed by atoms with Crippen molar-refractivity contribution in [2.75, 3.05) is 11.1 Å². The summed E-state index contributed by atoms with van der Waals surface area (Å²) < 4.78 is 0. The van der Waals surface area contributed by atoms with E-state index in [0.717, 1.165) is 11.4 Å². The smallest absolute Gasteiger partial charge is 0.153 e. The summed E-state index contributed by atoms with van der Waals surface area (Å²) in [5.41, 5.74) is 9.17. The van der Waals surface area contributed by atoms with Gasteiger partial charge in [0.2, 0.25) is 0 Å². The molecule has 0 unspecified atom stereocenters. The van der Waals surface area contributed by atoms with Gasteiger partial charge in [0.1, 0.15) is 0 Å². The van der Waals surface area contributed by atoms with E-state index in [9.17, 15) is 0 Å². The Balaban J connectivity index is 2.10. The fourth-order valence-electron chi connectivity index (χ4n) is 1.48. The number of hydrogen-bond acceptors (Lipinski definition) is 4. The average molecular weight is 249 g/mol. The van der Waals surface area contributed by atoms with Gasteiger partial charge in [0.15, 0.2) is 5.15 Å². The van der Waals surface area contributed by atoms with Gasteiger partial charge >= 0.3 is 0 Å². The Morgan fingerprint density at radius 1 is 1.29 bits per heavy atom. The van der Waals surface area contributed by atoms with E-state index in [0.29, 0.717) is 17.4 Å². The Morgan fingerprint density at radius 2 is 2.06 bits per heavy atom. The number of rotatable bonds is 3. The third kappa shape index (κ3) is 2.85. The van der Waals surface area contributed by atoms with Crippen LogP contribution in [-0.2, 0) is 6.54 Å². The normalized spacial score (nSPS) is 10.2. The summed E-state index contributed by atoms with van der Waals surface area (Å²) in [6.07, 6.45) is 3.40. The van der Waals surface area contributed by atoms with E-state index in [-0.39, 0.29) is 0 Å². The molecule has 2 rings (SSSR count). The number of halogens is 1. The van der Waals surface area contributed by atoms with Gasteiger partial charge in [0.25, 0.3) is 0 Å². The lowest BCUT2D eigenvalue weighted by molar-refractivity contribution is 1.04. The number of hydrogen-bond donors (Lipinski definition) is 2. The van der Waals surface area contributed by atoms with Crippen molar-refractivity contribution in [3.63, 3.8) is 0 Å². The van der Waals surface area contributed by atoms with Crippen LogP contribution in [-0.4, -0.2) is 9.97 Å². The molecule has 2 aromatic rings. The fraction of sp³-hybridized carbons (Fsp3) is 0.167. The van der Waals surface area contributed by atoms with Crippen molar-refractivity contribution < 1.29 is 0 Å². The number of nitrogens with one attached hydrogen (secondary N) is 1. The van der Waals surface area contributed by atoms with Gasteiger partial charge in [0.05, 0.1) is 23.6 Å². The molecule has 88 valence electrons. The summed E-state index contributed by atoms with van der Waals surface area (Å²) in [5, 5.41) is 3.50. The molecular weight excluding hydrogens is 236 g/mol. The predicted molar refractivity (Wildman–Crippen MR) is 70.0 cm³/mol. The molecule has 0 bridgehead atoms. The Kier molecular flexibility index (Phi) is 3.44. The number of aryl methyl sites for hydroxylation is 1. The standard InChI is InChI=1S/C12H13ClN4/c1-8-2-4-15-9(6-8)7-17-10-3-5-16-12(13)11(10)14/h2-6H,7,14H2,1H3,(H,16,17). The molecule has 2 aromatic heterocycles. The van der Waals surface area contributed by atoms with Gasteiger partial charge in [-0.2, -0.15) is 0 Å². The maximum Gasteiger partial charge on any atom is 0.153 e. The van der Waals surface area contributed by atoms with Gasteiger partial charge in [-0.3, -0.25) is 4.98 Å². The Bertz CT molecular complexity index is 528. The number of pyridine rings is 2. The van der Waals surface area contributed by atoms with Crippen LogP contribution in [0.5, 0.6) is 0 Å². The van der Waals surface area contributed by atoms with E-state index in [4.69, 9.17) is 17.3 Å². The van der Waals surface area contributed by atoms with Crippen LogP contribution in [0.1, 0.15) is 11.3 Å². The molecule has 4 nitrogen and oxygen atoms in total. The molecule has 0 atom stereocenters. The Morgan fingerprint density at radius 3 is 2.82 bits per heavy atom. The van der Waals surface area contributed by atoms with Crippen molar-refractivity contribution in [2.24, 2.45) is 0 Å². The zero-order valence-electron chi connectivity index (χ0n) is 9.44. The van der Waals surface area contributed by atoms with E-state index in [1.165, 1.54) is 5.56 Å². The van der Waals surface area contributed by atoms with Crippen LogP contribution >= 0.6 is 11.6 Å². The minimum Gasteiger partial charge on any atom is -0.395 e. The lowest BCUT2D eigenvalue weighted by Crippen LogP contribution is -2.04. The number of nitrogens with zero attached hydrogens (tertiary/aromatic N) is 2.